The second-order valence-electron chi connectivity index (χ2n) is 13.5. The van der Waals surface area contributed by atoms with Crippen molar-refractivity contribution in [2.75, 3.05) is 26.4 Å². The summed E-state index contributed by atoms with van der Waals surface area (Å²) in [6, 6.07) is 0. The Balaban J connectivity index is 4.21. The molecule has 302 valence electrons. The average molecular weight is 754 g/mol. The van der Waals surface area contributed by atoms with Crippen LogP contribution >= 0.6 is 7.82 Å². The molecule has 0 amide bonds. The van der Waals surface area contributed by atoms with Crippen molar-refractivity contribution in [1.29, 1.82) is 0 Å². The number of esters is 2. The Morgan fingerprint density at radius 2 is 1.00 bits per heavy atom. The molecule has 2 unspecified atom stereocenters. The van der Waals surface area contributed by atoms with Crippen LogP contribution in [-0.4, -0.2) is 49.3 Å². The maximum absolute atomic E-state index is 12.6. The Hall–Kier alpha value is -2.03. The van der Waals surface area contributed by atoms with Crippen molar-refractivity contribution in [3.05, 3.63) is 48.6 Å². The first-order valence-corrected chi connectivity index (χ1v) is 22.1. The van der Waals surface area contributed by atoms with Crippen molar-refractivity contribution in [3.63, 3.8) is 0 Å². The molecule has 0 aliphatic carbocycles. The van der Waals surface area contributed by atoms with Crippen molar-refractivity contribution in [2.24, 2.45) is 5.73 Å². The summed E-state index contributed by atoms with van der Waals surface area (Å²) >= 11 is 0. The fraction of sp³-hybridized carbons (Fsp3) is 0.762. The van der Waals surface area contributed by atoms with Gasteiger partial charge in [0.05, 0.1) is 13.2 Å². The SMILES string of the molecule is CCCCC/C=C\C/C=C\C/C=C\CCCCCCCCC(=O)OC(COC(=O)CCCCCCC/C=C\CCCCC)COP(=O)(O)OCCN. The maximum Gasteiger partial charge on any atom is 0.472 e. The van der Waals surface area contributed by atoms with E-state index in [0.29, 0.717) is 6.42 Å². The van der Waals surface area contributed by atoms with Gasteiger partial charge in [-0.3, -0.25) is 18.6 Å². The van der Waals surface area contributed by atoms with Gasteiger partial charge in [-0.2, -0.15) is 0 Å². The topological polar surface area (TPSA) is 134 Å². The lowest BCUT2D eigenvalue weighted by atomic mass is 10.1. The molecule has 0 heterocycles. The molecule has 0 fully saturated rings. The zero-order valence-corrected chi connectivity index (χ0v) is 33.9. The summed E-state index contributed by atoms with van der Waals surface area (Å²) in [6.45, 7) is 3.64. The van der Waals surface area contributed by atoms with E-state index < -0.39 is 32.5 Å². The second kappa shape index (κ2) is 38.7. The van der Waals surface area contributed by atoms with E-state index in [9.17, 15) is 19.0 Å². The van der Waals surface area contributed by atoms with Crippen molar-refractivity contribution >= 4 is 19.8 Å². The molecule has 10 heteroatoms. The quantitative estimate of drug-likeness (QED) is 0.0273. The molecule has 0 rings (SSSR count). The van der Waals surface area contributed by atoms with Gasteiger partial charge in [0.2, 0.25) is 0 Å². The van der Waals surface area contributed by atoms with Crippen molar-refractivity contribution < 1.29 is 37.6 Å². The number of allylic oxidation sites excluding steroid dienone is 8. The number of carbonyl (C=O) groups excluding carboxylic acids is 2. The lowest BCUT2D eigenvalue weighted by Crippen LogP contribution is -2.29. The van der Waals surface area contributed by atoms with Crippen molar-refractivity contribution in [1.82, 2.24) is 0 Å². The monoisotopic (exact) mass is 754 g/mol. The van der Waals surface area contributed by atoms with E-state index in [1.54, 1.807) is 0 Å². The van der Waals surface area contributed by atoms with Crippen LogP contribution in [0.15, 0.2) is 48.6 Å². The molecule has 0 aromatic carbocycles. The van der Waals surface area contributed by atoms with Gasteiger partial charge in [0, 0.05) is 19.4 Å². The van der Waals surface area contributed by atoms with Crippen LogP contribution in [0.5, 0.6) is 0 Å². The van der Waals surface area contributed by atoms with Crippen LogP contribution < -0.4 is 5.73 Å². The van der Waals surface area contributed by atoms with Gasteiger partial charge in [0.1, 0.15) is 6.61 Å². The summed E-state index contributed by atoms with van der Waals surface area (Å²) in [5, 5.41) is 0. The zero-order valence-electron chi connectivity index (χ0n) is 33.0. The van der Waals surface area contributed by atoms with Gasteiger partial charge in [0.25, 0.3) is 0 Å². The highest BCUT2D eigenvalue weighted by atomic mass is 31.2. The fourth-order valence-corrected chi connectivity index (χ4v) is 6.11. The van der Waals surface area contributed by atoms with E-state index >= 15 is 0 Å². The number of hydrogen-bond acceptors (Lipinski definition) is 8. The van der Waals surface area contributed by atoms with Crippen LogP contribution in [0.25, 0.3) is 0 Å². The first-order valence-electron chi connectivity index (χ1n) is 20.6. The second-order valence-corrected chi connectivity index (χ2v) is 14.9. The largest absolute Gasteiger partial charge is 0.472 e. The van der Waals surface area contributed by atoms with E-state index in [1.165, 1.54) is 51.4 Å². The number of unbranched alkanes of at least 4 members (excludes halogenated alkanes) is 17. The van der Waals surface area contributed by atoms with Gasteiger partial charge in [0.15, 0.2) is 6.10 Å². The van der Waals surface area contributed by atoms with E-state index in [-0.39, 0.29) is 32.6 Å². The minimum Gasteiger partial charge on any atom is -0.462 e. The summed E-state index contributed by atoms with van der Waals surface area (Å²) < 4.78 is 32.7. The van der Waals surface area contributed by atoms with Gasteiger partial charge in [-0.15, -0.1) is 0 Å². The minimum atomic E-state index is -4.38. The Labute approximate surface area is 317 Å². The van der Waals surface area contributed by atoms with E-state index in [4.69, 9.17) is 24.3 Å². The standard InChI is InChI=1S/C42H76NO8P/c1-3-5-7-9-11-13-15-17-18-19-20-21-22-23-25-27-29-31-33-35-42(45)51-40(39-50-52(46,47)49-37-36-43)38-48-41(44)34-32-30-28-26-24-16-14-12-10-8-6-4-2/h11-14,17-18,20-21,40H,3-10,15-16,19,22-39,43H2,1-2H3,(H,46,47)/b13-11-,14-12-,18-17-,21-20-. The fourth-order valence-electron chi connectivity index (χ4n) is 5.34. The minimum absolute atomic E-state index is 0.0483. The van der Waals surface area contributed by atoms with E-state index in [2.05, 4.69) is 62.5 Å². The maximum atomic E-state index is 12.6. The smallest absolute Gasteiger partial charge is 0.462 e. The zero-order chi connectivity index (χ0) is 38.2. The Bertz CT molecular complexity index is 996. The third kappa shape index (κ3) is 37.7. The van der Waals surface area contributed by atoms with Crippen LogP contribution in [0.3, 0.4) is 0 Å². The third-order valence-corrected chi connectivity index (χ3v) is 9.42. The molecule has 0 aromatic heterocycles. The number of phosphoric ester groups is 1. The van der Waals surface area contributed by atoms with Crippen molar-refractivity contribution in [2.45, 2.75) is 180 Å². The highest BCUT2D eigenvalue weighted by Crippen LogP contribution is 2.43. The highest BCUT2D eigenvalue weighted by molar-refractivity contribution is 7.47. The first kappa shape index (κ1) is 50.0. The van der Waals surface area contributed by atoms with Crippen LogP contribution in [0, 0.1) is 0 Å². The van der Waals surface area contributed by atoms with E-state index in [0.717, 1.165) is 89.9 Å². The van der Waals surface area contributed by atoms with Gasteiger partial charge < -0.3 is 20.1 Å². The molecule has 0 aliphatic rings. The molecule has 9 nitrogen and oxygen atoms in total. The Morgan fingerprint density at radius 3 is 1.50 bits per heavy atom. The highest BCUT2D eigenvalue weighted by Gasteiger charge is 2.25. The number of rotatable bonds is 38. The number of ether oxygens (including phenoxy) is 2. The van der Waals surface area contributed by atoms with Gasteiger partial charge >= 0.3 is 19.8 Å². The predicted octanol–water partition coefficient (Wildman–Crippen LogP) is 11.6. The molecule has 0 saturated heterocycles. The predicted molar refractivity (Wildman–Crippen MR) is 215 cm³/mol. The molecule has 0 spiro atoms. The summed E-state index contributed by atoms with van der Waals surface area (Å²) in [6.07, 6.45) is 42.8. The van der Waals surface area contributed by atoms with Crippen LogP contribution in [-0.2, 0) is 32.7 Å². The molecular weight excluding hydrogens is 677 g/mol. The van der Waals surface area contributed by atoms with Gasteiger partial charge in [-0.1, -0.05) is 133 Å². The molecular formula is C42H76NO8P. The number of nitrogens with two attached hydrogens (primary N) is 1. The average Bonchev–Trinajstić information content (AvgIpc) is 3.13. The molecule has 0 bridgehead atoms. The summed E-state index contributed by atoms with van der Waals surface area (Å²) in [5.41, 5.74) is 5.34. The molecule has 0 aromatic rings. The normalized spacial score (nSPS) is 13.8. The summed E-state index contributed by atoms with van der Waals surface area (Å²) in [4.78, 5) is 34.8. The molecule has 0 saturated carbocycles. The molecule has 2 atom stereocenters. The molecule has 0 aliphatic heterocycles. The first-order chi connectivity index (χ1) is 25.3. The lowest BCUT2D eigenvalue weighted by molar-refractivity contribution is -0.161. The third-order valence-electron chi connectivity index (χ3n) is 8.44. The van der Waals surface area contributed by atoms with E-state index in [1.807, 2.05) is 0 Å². The van der Waals surface area contributed by atoms with Crippen LogP contribution in [0.4, 0.5) is 0 Å². The number of phosphoric acid groups is 1. The van der Waals surface area contributed by atoms with Crippen LogP contribution in [0.1, 0.15) is 174 Å². The molecule has 52 heavy (non-hydrogen) atoms. The van der Waals surface area contributed by atoms with Crippen LogP contribution in [0.2, 0.25) is 0 Å². The lowest BCUT2D eigenvalue weighted by Gasteiger charge is -2.19. The Kier molecular flexibility index (Phi) is 37.2. The van der Waals surface area contributed by atoms with Gasteiger partial charge in [-0.25, -0.2) is 4.57 Å². The number of carbonyl (C=O) groups is 2. The summed E-state index contributed by atoms with van der Waals surface area (Å²) in [5.74, 6) is -0.857. The molecule has 0 radical (unpaired) electrons. The number of hydrogen-bond donors (Lipinski definition) is 2. The Morgan fingerprint density at radius 1 is 0.577 bits per heavy atom. The molecule has 3 N–H and O–H groups in total. The van der Waals surface area contributed by atoms with Crippen molar-refractivity contribution in [3.8, 4) is 0 Å². The van der Waals surface area contributed by atoms with Gasteiger partial charge in [-0.05, 0) is 77.0 Å². The summed E-state index contributed by atoms with van der Waals surface area (Å²) in [7, 11) is -4.38.